The molecule has 0 bridgehead atoms. The summed E-state index contributed by atoms with van der Waals surface area (Å²) in [6.07, 6.45) is 6.84. The van der Waals surface area contributed by atoms with Gasteiger partial charge < -0.3 is 0 Å². The van der Waals surface area contributed by atoms with Crippen LogP contribution in [0.2, 0.25) is 0 Å². The van der Waals surface area contributed by atoms with Crippen LogP contribution in [0.15, 0.2) is 55.2 Å². The highest BCUT2D eigenvalue weighted by molar-refractivity contribution is 5.69. The van der Waals surface area contributed by atoms with Gasteiger partial charge in [0.2, 0.25) is 0 Å². The van der Waals surface area contributed by atoms with Crippen molar-refractivity contribution in [2.24, 2.45) is 0 Å². The van der Waals surface area contributed by atoms with Crippen LogP contribution in [0.3, 0.4) is 0 Å². The van der Waals surface area contributed by atoms with E-state index in [0.717, 1.165) is 28.2 Å². The van der Waals surface area contributed by atoms with Crippen LogP contribution in [-0.2, 0) is 0 Å². The van der Waals surface area contributed by atoms with Crippen molar-refractivity contribution in [1.82, 2.24) is 29.5 Å². The lowest BCUT2D eigenvalue weighted by Crippen LogP contribution is -1.99. The van der Waals surface area contributed by atoms with Gasteiger partial charge in [0.15, 0.2) is 0 Å². The van der Waals surface area contributed by atoms with Gasteiger partial charge in [0, 0.05) is 35.4 Å². The summed E-state index contributed by atoms with van der Waals surface area (Å²) in [6.45, 7) is 1.96. The molecule has 0 saturated carbocycles. The quantitative estimate of drug-likeness (QED) is 0.567. The van der Waals surface area contributed by atoms with E-state index in [0.29, 0.717) is 5.78 Å². The summed E-state index contributed by atoms with van der Waals surface area (Å²) in [4.78, 5) is 17.2. The highest BCUT2D eigenvalue weighted by atomic mass is 15.3. The molecule has 106 valence electrons. The first-order valence-corrected chi connectivity index (χ1v) is 6.85. The van der Waals surface area contributed by atoms with Crippen LogP contribution >= 0.6 is 0 Å². The fraction of sp³-hybridized carbons (Fsp3) is 0.0625. The van der Waals surface area contributed by atoms with Gasteiger partial charge in [-0.1, -0.05) is 0 Å². The molecular formula is C16H12N6. The van der Waals surface area contributed by atoms with E-state index in [-0.39, 0.29) is 0 Å². The summed E-state index contributed by atoms with van der Waals surface area (Å²) in [6, 6.07) is 9.84. The van der Waals surface area contributed by atoms with Gasteiger partial charge in [-0.25, -0.2) is 4.98 Å². The van der Waals surface area contributed by atoms with Crippen LogP contribution in [0.1, 0.15) is 5.69 Å². The third kappa shape index (κ3) is 2.10. The molecule has 0 N–H and O–H groups in total. The van der Waals surface area contributed by atoms with Gasteiger partial charge in [0.05, 0.1) is 11.4 Å². The zero-order chi connectivity index (χ0) is 14.9. The molecule has 4 rings (SSSR count). The summed E-state index contributed by atoms with van der Waals surface area (Å²) < 4.78 is 1.72. The molecular weight excluding hydrogens is 276 g/mol. The molecule has 0 radical (unpaired) electrons. The first-order chi connectivity index (χ1) is 10.8. The van der Waals surface area contributed by atoms with E-state index in [9.17, 15) is 0 Å². The number of aromatic nitrogens is 6. The average molecular weight is 288 g/mol. The molecule has 22 heavy (non-hydrogen) atoms. The van der Waals surface area contributed by atoms with Crippen molar-refractivity contribution in [3.05, 3.63) is 60.9 Å². The molecule has 4 aromatic rings. The lowest BCUT2D eigenvalue weighted by Gasteiger charge is -2.07. The second-order valence-electron chi connectivity index (χ2n) is 4.92. The largest absolute Gasteiger partial charge is 0.265 e. The number of nitrogens with zero attached hydrogens (tertiary/aromatic N) is 6. The van der Waals surface area contributed by atoms with Crippen LogP contribution in [-0.4, -0.2) is 29.5 Å². The Morgan fingerprint density at radius 3 is 2.59 bits per heavy atom. The third-order valence-electron chi connectivity index (χ3n) is 3.44. The normalized spacial score (nSPS) is 11.0. The van der Waals surface area contributed by atoms with Gasteiger partial charge in [-0.2, -0.15) is 14.6 Å². The van der Waals surface area contributed by atoms with Gasteiger partial charge in [-0.3, -0.25) is 9.97 Å². The molecule has 0 saturated heterocycles. The zero-order valence-electron chi connectivity index (χ0n) is 11.9. The molecule has 0 aliphatic carbocycles. The predicted octanol–water partition coefficient (Wildman–Crippen LogP) is 2.56. The van der Waals surface area contributed by atoms with Gasteiger partial charge in [0.1, 0.15) is 6.33 Å². The number of hydrogen-bond acceptors (Lipinski definition) is 5. The van der Waals surface area contributed by atoms with Crippen LogP contribution in [0.4, 0.5) is 0 Å². The fourth-order valence-electron chi connectivity index (χ4n) is 2.31. The third-order valence-corrected chi connectivity index (χ3v) is 3.44. The van der Waals surface area contributed by atoms with E-state index in [2.05, 4.69) is 25.0 Å². The summed E-state index contributed by atoms with van der Waals surface area (Å²) in [5.41, 5.74) is 4.67. The Hall–Kier alpha value is -3.15. The summed E-state index contributed by atoms with van der Waals surface area (Å²) in [7, 11) is 0. The highest BCUT2D eigenvalue weighted by Gasteiger charge is 2.11. The number of rotatable bonds is 2. The van der Waals surface area contributed by atoms with E-state index in [1.807, 2.05) is 43.5 Å². The van der Waals surface area contributed by atoms with Crippen LogP contribution in [0, 0.1) is 6.92 Å². The molecule has 0 aliphatic heterocycles. The Labute approximate surface area is 126 Å². The van der Waals surface area contributed by atoms with Gasteiger partial charge >= 0.3 is 0 Å². The number of fused-ring (bicyclic) bond motifs is 1. The monoisotopic (exact) mass is 288 g/mol. The Morgan fingerprint density at radius 2 is 1.82 bits per heavy atom. The summed E-state index contributed by atoms with van der Waals surface area (Å²) >= 11 is 0. The van der Waals surface area contributed by atoms with Crippen molar-refractivity contribution in [2.75, 3.05) is 0 Å². The van der Waals surface area contributed by atoms with Crippen molar-refractivity contribution in [3.63, 3.8) is 0 Å². The zero-order valence-corrected chi connectivity index (χ0v) is 11.9. The minimum Gasteiger partial charge on any atom is -0.265 e. The maximum Gasteiger partial charge on any atom is 0.253 e. The first kappa shape index (κ1) is 12.6. The molecule has 6 nitrogen and oxygen atoms in total. The predicted molar refractivity (Wildman–Crippen MR) is 82.0 cm³/mol. The molecule has 0 fully saturated rings. The number of hydrogen-bond donors (Lipinski definition) is 0. The second kappa shape index (κ2) is 5.00. The standard InChI is InChI=1S/C16H12N6/c1-11-2-3-13(9-18-11)14-8-15(12-4-6-17-7-5-12)22-16(21-14)19-10-20-22/h2-10H,1H3. The maximum absolute atomic E-state index is 4.56. The fourth-order valence-corrected chi connectivity index (χ4v) is 2.31. The van der Waals surface area contributed by atoms with Crippen LogP contribution in [0.25, 0.3) is 28.3 Å². The number of aryl methyl sites for hydroxylation is 1. The Kier molecular flexibility index (Phi) is 2.86. The maximum atomic E-state index is 4.56. The Bertz CT molecular complexity index is 928. The Balaban J connectivity index is 1.96. The topological polar surface area (TPSA) is 68.9 Å². The Morgan fingerprint density at radius 1 is 0.955 bits per heavy atom. The van der Waals surface area contributed by atoms with E-state index >= 15 is 0 Å². The van der Waals surface area contributed by atoms with E-state index in [4.69, 9.17) is 0 Å². The average Bonchev–Trinajstić information content (AvgIpc) is 3.04. The van der Waals surface area contributed by atoms with Crippen molar-refractivity contribution < 1.29 is 0 Å². The van der Waals surface area contributed by atoms with E-state index in [1.54, 1.807) is 16.9 Å². The smallest absolute Gasteiger partial charge is 0.253 e. The molecule has 4 aromatic heterocycles. The molecule has 0 amide bonds. The van der Waals surface area contributed by atoms with Crippen molar-refractivity contribution in [2.45, 2.75) is 6.92 Å². The summed E-state index contributed by atoms with van der Waals surface area (Å²) in [5, 5.41) is 4.25. The SMILES string of the molecule is Cc1ccc(-c2cc(-c3ccncc3)n3ncnc3n2)cn1. The van der Waals surface area contributed by atoms with Crippen molar-refractivity contribution >= 4 is 5.78 Å². The molecule has 0 spiro atoms. The minimum atomic E-state index is 0.560. The van der Waals surface area contributed by atoms with Gasteiger partial charge in [-0.05, 0) is 37.3 Å². The van der Waals surface area contributed by atoms with Crippen molar-refractivity contribution in [3.8, 4) is 22.5 Å². The van der Waals surface area contributed by atoms with Crippen LogP contribution in [0.5, 0.6) is 0 Å². The van der Waals surface area contributed by atoms with Crippen LogP contribution < -0.4 is 0 Å². The minimum absolute atomic E-state index is 0.560. The number of pyridine rings is 2. The molecule has 4 heterocycles. The molecule has 6 heteroatoms. The van der Waals surface area contributed by atoms with E-state index in [1.165, 1.54) is 6.33 Å². The summed E-state index contributed by atoms with van der Waals surface area (Å²) in [5.74, 6) is 0.560. The molecule has 0 atom stereocenters. The molecule has 0 aromatic carbocycles. The lowest BCUT2D eigenvalue weighted by atomic mass is 10.1. The van der Waals surface area contributed by atoms with Gasteiger partial charge in [0.25, 0.3) is 5.78 Å². The lowest BCUT2D eigenvalue weighted by molar-refractivity contribution is 0.948. The van der Waals surface area contributed by atoms with Crippen molar-refractivity contribution in [1.29, 1.82) is 0 Å². The molecule has 0 aliphatic rings. The first-order valence-electron chi connectivity index (χ1n) is 6.85. The highest BCUT2D eigenvalue weighted by Crippen LogP contribution is 2.24. The second-order valence-corrected chi connectivity index (χ2v) is 4.92. The van der Waals surface area contributed by atoms with Gasteiger partial charge in [-0.15, -0.1) is 0 Å². The molecule has 0 unspecified atom stereocenters. The van der Waals surface area contributed by atoms with E-state index < -0.39 is 0 Å².